The maximum atomic E-state index is 2.81. The van der Waals surface area contributed by atoms with E-state index in [0.29, 0.717) is 18.4 Å². The van der Waals surface area contributed by atoms with Gasteiger partial charge in [-0.2, -0.15) is 0 Å². The van der Waals surface area contributed by atoms with E-state index in [0.717, 1.165) is 0 Å². The number of para-hydroxylation sites is 2. The van der Waals surface area contributed by atoms with Crippen molar-refractivity contribution in [3.8, 4) is 0 Å². The van der Waals surface area contributed by atoms with Crippen molar-refractivity contribution in [2.24, 2.45) is 0 Å². The minimum Gasteiger partial charge on any atom is -0.354 e. The molecule has 0 radical (unpaired) electrons. The average Bonchev–Trinajstić information content (AvgIpc) is 2.68. The Bertz CT molecular complexity index is 723. The molecule has 2 unspecified atom stereocenters. The largest absolute Gasteiger partial charge is 0.354 e. The molecule has 2 aliphatic heterocycles. The molecule has 2 bridgehead atoms. The Kier molecular flexibility index (Phi) is 3.53. The van der Waals surface area contributed by atoms with E-state index in [9.17, 15) is 0 Å². The molecule has 2 atom stereocenters. The highest BCUT2D eigenvalue weighted by Crippen LogP contribution is 2.53. The standard InChI is InChI=1S/C22H27N3/c1-23-19-14-8-6-12-17(19)22-24(2)20-15-9-7-13-18(20)21(23)25(22)16-10-4-3-5-11-16/h6-9,12-16,21-22H,3-5,10-11H2,1-2H3. The quantitative estimate of drug-likeness (QED) is 0.733. The van der Waals surface area contributed by atoms with Crippen molar-refractivity contribution in [3.05, 3.63) is 59.7 Å². The second-order valence-electron chi connectivity index (χ2n) is 7.83. The van der Waals surface area contributed by atoms with Gasteiger partial charge in [0.1, 0.15) is 12.3 Å². The Morgan fingerprint density at radius 2 is 1.16 bits per heavy atom. The predicted molar refractivity (Wildman–Crippen MR) is 104 cm³/mol. The van der Waals surface area contributed by atoms with Crippen molar-refractivity contribution >= 4 is 11.4 Å². The molecule has 1 aliphatic carbocycles. The van der Waals surface area contributed by atoms with Crippen molar-refractivity contribution in [2.45, 2.75) is 50.5 Å². The normalized spacial score (nSPS) is 26.3. The highest BCUT2D eigenvalue weighted by molar-refractivity contribution is 5.68. The molecule has 5 rings (SSSR count). The summed E-state index contributed by atoms with van der Waals surface area (Å²) in [4.78, 5) is 7.82. The lowest BCUT2D eigenvalue weighted by Gasteiger charge is -2.58. The van der Waals surface area contributed by atoms with Crippen LogP contribution in [0.4, 0.5) is 11.4 Å². The number of fused-ring (bicyclic) bond motifs is 6. The third-order valence-electron chi connectivity index (χ3n) is 6.48. The van der Waals surface area contributed by atoms with E-state index >= 15 is 0 Å². The SMILES string of the molecule is CN1c2ccccc2C2N(C)c3ccccc3C1N2C1CCCCC1. The molecule has 2 aromatic rings. The molecule has 0 amide bonds. The van der Waals surface area contributed by atoms with Gasteiger partial charge >= 0.3 is 0 Å². The zero-order valence-electron chi connectivity index (χ0n) is 15.2. The summed E-state index contributed by atoms with van der Waals surface area (Å²) in [6, 6.07) is 18.6. The summed E-state index contributed by atoms with van der Waals surface area (Å²) < 4.78 is 0. The number of hydrogen-bond acceptors (Lipinski definition) is 3. The summed E-state index contributed by atoms with van der Waals surface area (Å²) in [5.41, 5.74) is 5.66. The summed E-state index contributed by atoms with van der Waals surface area (Å²) in [5.74, 6) is 0. The fourth-order valence-electron chi connectivity index (χ4n) is 5.37. The van der Waals surface area contributed by atoms with Crippen molar-refractivity contribution in [3.63, 3.8) is 0 Å². The molecular formula is C22H27N3. The Morgan fingerprint density at radius 3 is 1.68 bits per heavy atom. The van der Waals surface area contributed by atoms with Gasteiger partial charge in [0.25, 0.3) is 0 Å². The monoisotopic (exact) mass is 333 g/mol. The van der Waals surface area contributed by atoms with Gasteiger partial charge in [-0.1, -0.05) is 55.7 Å². The van der Waals surface area contributed by atoms with Crippen LogP contribution < -0.4 is 9.80 Å². The first-order valence-corrected chi connectivity index (χ1v) is 9.68. The molecule has 25 heavy (non-hydrogen) atoms. The van der Waals surface area contributed by atoms with Crippen LogP contribution in [0.2, 0.25) is 0 Å². The zero-order chi connectivity index (χ0) is 17.0. The van der Waals surface area contributed by atoms with Crippen LogP contribution >= 0.6 is 0 Å². The first-order valence-electron chi connectivity index (χ1n) is 9.68. The fraction of sp³-hybridized carbons (Fsp3) is 0.455. The number of hydrogen-bond donors (Lipinski definition) is 0. The van der Waals surface area contributed by atoms with Gasteiger partial charge in [0.05, 0.1) is 0 Å². The molecule has 130 valence electrons. The van der Waals surface area contributed by atoms with E-state index in [1.807, 2.05) is 0 Å². The summed E-state index contributed by atoms with van der Waals surface area (Å²) in [7, 11) is 4.55. The van der Waals surface area contributed by atoms with Crippen LogP contribution in [0.15, 0.2) is 48.5 Å². The van der Waals surface area contributed by atoms with Crippen LogP contribution in [-0.4, -0.2) is 25.0 Å². The molecule has 0 saturated heterocycles. The fourth-order valence-corrected chi connectivity index (χ4v) is 5.37. The Labute approximate surface area is 150 Å². The van der Waals surface area contributed by atoms with Crippen molar-refractivity contribution in [2.75, 3.05) is 23.9 Å². The van der Waals surface area contributed by atoms with Crippen molar-refractivity contribution in [1.29, 1.82) is 0 Å². The summed E-state index contributed by atoms with van der Waals surface area (Å²) >= 11 is 0. The van der Waals surface area contributed by atoms with E-state index in [1.165, 1.54) is 54.6 Å². The van der Waals surface area contributed by atoms with Crippen molar-refractivity contribution < 1.29 is 0 Å². The van der Waals surface area contributed by atoms with Gasteiger partial charge in [-0.3, -0.25) is 4.90 Å². The highest BCUT2D eigenvalue weighted by Gasteiger charge is 2.47. The highest BCUT2D eigenvalue weighted by atomic mass is 15.5. The van der Waals surface area contributed by atoms with Gasteiger partial charge in [-0.15, -0.1) is 0 Å². The molecule has 2 heterocycles. The summed E-state index contributed by atoms with van der Waals surface area (Å²) in [6.07, 6.45) is 7.50. The van der Waals surface area contributed by atoms with Crippen LogP contribution in [0, 0.1) is 0 Å². The third-order valence-corrected chi connectivity index (χ3v) is 6.48. The van der Waals surface area contributed by atoms with Crippen LogP contribution in [0.3, 0.4) is 0 Å². The van der Waals surface area contributed by atoms with Gasteiger partial charge in [0.2, 0.25) is 0 Å². The first-order chi connectivity index (χ1) is 12.3. The molecule has 0 aromatic heterocycles. The minimum absolute atomic E-state index is 0.343. The molecule has 3 aliphatic rings. The first kappa shape index (κ1) is 15.3. The van der Waals surface area contributed by atoms with E-state index in [2.05, 4.69) is 77.3 Å². The second-order valence-corrected chi connectivity index (χ2v) is 7.83. The van der Waals surface area contributed by atoms with Gasteiger partial charge in [-0.25, -0.2) is 0 Å². The Balaban J connectivity index is 1.72. The van der Waals surface area contributed by atoms with Crippen LogP contribution in [0.1, 0.15) is 55.6 Å². The number of benzene rings is 2. The molecule has 0 spiro atoms. The Hall–Kier alpha value is -2.00. The van der Waals surface area contributed by atoms with E-state index in [-0.39, 0.29) is 0 Å². The molecule has 2 aromatic carbocycles. The predicted octanol–water partition coefficient (Wildman–Crippen LogP) is 4.92. The molecule has 0 N–H and O–H groups in total. The average molecular weight is 333 g/mol. The number of rotatable bonds is 1. The van der Waals surface area contributed by atoms with Crippen LogP contribution in [0.25, 0.3) is 0 Å². The van der Waals surface area contributed by atoms with Gasteiger partial charge in [-0.05, 0) is 25.0 Å². The number of anilines is 2. The summed E-state index contributed by atoms with van der Waals surface area (Å²) in [6.45, 7) is 0. The van der Waals surface area contributed by atoms with E-state index < -0.39 is 0 Å². The molecule has 1 fully saturated rings. The smallest absolute Gasteiger partial charge is 0.112 e. The lowest BCUT2D eigenvalue weighted by molar-refractivity contribution is 0.0375. The van der Waals surface area contributed by atoms with Crippen LogP contribution in [0.5, 0.6) is 0 Å². The van der Waals surface area contributed by atoms with Gasteiger partial charge in [0.15, 0.2) is 0 Å². The molecule has 1 saturated carbocycles. The lowest BCUT2D eigenvalue weighted by Crippen LogP contribution is -2.58. The lowest BCUT2D eigenvalue weighted by atomic mass is 9.87. The zero-order valence-corrected chi connectivity index (χ0v) is 15.2. The maximum Gasteiger partial charge on any atom is 0.112 e. The van der Waals surface area contributed by atoms with Crippen LogP contribution in [-0.2, 0) is 0 Å². The van der Waals surface area contributed by atoms with Crippen molar-refractivity contribution in [1.82, 2.24) is 4.90 Å². The molecule has 3 nitrogen and oxygen atoms in total. The Morgan fingerprint density at radius 1 is 0.680 bits per heavy atom. The van der Waals surface area contributed by atoms with E-state index in [1.54, 1.807) is 0 Å². The van der Waals surface area contributed by atoms with Gasteiger partial charge in [0, 0.05) is 42.6 Å². The third kappa shape index (κ3) is 2.15. The number of nitrogens with zero attached hydrogens (tertiary/aromatic N) is 3. The molecular weight excluding hydrogens is 306 g/mol. The minimum atomic E-state index is 0.343. The second kappa shape index (κ2) is 5.77. The van der Waals surface area contributed by atoms with E-state index in [4.69, 9.17) is 0 Å². The van der Waals surface area contributed by atoms with Gasteiger partial charge < -0.3 is 9.80 Å². The maximum absolute atomic E-state index is 2.81. The summed E-state index contributed by atoms with van der Waals surface area (Å²) in [5, 5.41) is 0. The topological polar surface area (TPSA) is 9.72 Å². The molecule has 3 heteroatoms.